The van der Waals surface area contributed by atoms with E-state index in [9.17, 15) is 5.11 Å². The minimum atomic E-state index is 0.239. The Hall–Kier alpha value is -1.94. The van der Waals surface area contributed by atoms with Crippen LogP contribution in [0.25, 0.3) is 11.4 Å². The van der Waals surface area contributed by atoms with E-state index in [1.165, 1.54) is 12.0 Å². The summed E-state index contributed by atoms with van der Waals surface area (Å²) < 4.78 is 0. The summed E-state index contributed by atoms with van der Waals surface area (Å²) in [6.45, 7) is 5.14. The highest BCUT2D eigenvalue weighted by Gasteiger charge is 2.22. The smallest absolute Gasteiger partial charge is 0.159 e. The summed E-state index contributed by atoms with van der Waals surface area (Å²) in [6, 6.07) is 7.46. The molecular formula is C16H19N3O. The van der Waals surface area contributed by atoms with Gasteiger partial charge in [0, 0.05) is 28.6 Å². The highest BCUT2D eigenvalue weighted by Crippen LogP contribution is 2.29. The number of hydrogen-bond donors (Lipinski definition) is 2. The molecule has 1 fully saturated rings. The van der Waals surface area contributed by atoms with Gasteiger partial charge in [0.2, 0.25) is 0 Å². The summed E-state index contributed by atoms with van der Waals surface area (Å²) >= 11 is 0. The zero-order chi connectivity index (χ0) is 14.1. The Morgan fingerprint density at radius 1 is 1.20 bits per heavy atom. The van der Waals surface area contributed by atoms with E-state index < -0.39 is 0 Å². The molecule has 0 amide bonds. The van der Waals surface area contributed by atoms with Crippen molar-refractivity contribution in [2.45, 2.75) is 32.7 Å². The van der Waals surface area contributed by atoms with Gasteiger partial charge in [0.05, 0.1) is 0 Å². The van der Waals surface area contributed by atoms with Crippen molar-refractivity contribution in [1.29, 1.82) is 0 Å². The van der Waals surface area contributed by atoms with Gasteiger partial charge in [0.1, 0.15) is 5.75 Å². The quantitative estimate of drug-likeness (QED) is 0.880. The van der Waals surface area contributed by atoms with E-state index in [0.29, 0.717) is 11.9 Å². The molecule has 1 aliphatic heterocycles. The topological polar surface area (TPSA) is 58.0 Å². The van der Waals surface area contributed by atoms with Crippen LogP contribution in [0.2, 0.25) is 0 Å². The van der Waals surface area contributed by atoms with Gasteiger partial charge in [-0.2, -0.15) is 0 Å². The van der Waals surface area contributed by atoms with Crippen molar-refractivity contribution in [1.82, 2.24) is 15.3 Å². The summed E-state index contributed by atoms with van der Waals surface area (Å²) in [5.41, 5.74) is 4.12. The maximum atomic E-state index is 9.57. The van der Waals surface area contributed by atoms with Crippen LogP contribution in [0, 0.1) is 13.8 Å². The van der Waals surface area contributed by atoms with Crippen LogP contribution in [0.15, 0.2) is 24.3 Å². The van der Waals surface area contributed by atoms with Gasteiger partial charge in [-0.25, -0.2) is 9.97 Å². The Morgan fingerprint density at radius 3 is 2.55 bits per heavy atom. The number of rotatable bonds is 2. The van der Waals surface area contributed by atoms with Crippen molar-refractivity contribution in [3.63, 3.8) is 0 Å². The fourth-order valence-corrected chi connectivity index (χ4v) is 2.93. The molecule has 4 heteroatoms. The van der Waals surface area contributed by atoms with Crippen LogP contribution >= 0.6 is 0 Å². The lowest BCUT2D eigenvalue weighted by Crippen LogP contribution is -2.17. The Labute approximate surface area is 118 Å². The third-order valence-electron chi connectivity index (χ3n) is 3.84. The molecule has 1 aromatic carbocycles. The third kappa shape index (κ3) is 2.39. The first-order chi connectivity index (χ1) is 9.65. The molecule has 1 atom stereocenters. The molecule has 0 radical (unpaired) electrons. The highest BCUT2D eigenvalue weighted by molar-refractivity contribution is 5.58. The zero-order valence-corrected chi connectivity index (χ0v) is 11.8. The van der Waals surface area contributed by atoms with E-state index in [2.05, 4.69) is 15.3 Å². The first kappa shape index (κ1) is 13.1. The molecule has 104 valence electrons. The van der Waals surface area contributed by atoms with E-state index in [1.807, 2.05) is 26.0 Å². The van der Waals surface area contributed by atoms with Crippen molar-refractivity contribution in [3.05, 3.63) is 41.2 Å². The lowest BCUT2D eigenvalue weighted by atomic mass is 10.0. The zero-order valence-electron chi connectivity index (χ0n) is 11.8. The molecule has 2 aromatic rings. The van der Waals surface area contributed by atoms with Crippen molar-refractivity contribution in [3.8, 4) is 17.1 Å². The summed E-state index contributed by atoms with van der Waals surface area (Å²) in [4.78, 5) is 9.26. The Morgan fingerprint density at radius 2 is 1.95 bits per heavy atom. The van der Waals surface area contributed by atoms with E-state index in [-0.39, 0.29) is 5.75 Å². The van der Waals surface area contributed by atoms with Gasteiger partial charge in [-0.05, 0) is 45.4 Å². The minimum absolute atomic E-state index is 0.239. The number of aromatic nitrogens is 2. The van der Waals surface area contributed by atoms with Crippen molar-refractivity contribution in [2.24, 2.45) is 0 Å². The summed E-state index contributed by atoms with van der Waals surface area (Å²) in [7, 11) is 0. The molecule has 1 unspecified atom stereocenters. The van der Waals surface area contributed by atoms with Gasteiger partial charge in [0.25, 0.3) is 0 Å². The van der Waals surface area contributed by atoms with E-state index in [0.717, 1.165) is 29.9 Å². The largest absolute Gasteiger partial charge is 0.508 e. The van der Waals surface area contributed by atoms with Gasteiger partial charge in [0.15, 0.2) is 5.82 Å². The number of benzene rings is 1. The number of phenols is 1. The van der Waals surface area contributed by atoms with Crippen LogP contribution in [0.1, 0.15) is 35.8 Å². The number of hydrogen-bond acceptors (Lipinski definition) is 4. The average Bonchev–Trinajstić information content (AvgIpc) is 2.91. The molecule has 0 spiro atoms. The number of nitrogens with one attached hydrogen (secondary N) is 1. The average molecular weight is 269 g/mol. The fraction of sp³-hybridized carbons (Fsp3) is 0.375. The van der Waals surface area contributed by atoms with Gasteiger partial charge >= 0.3 is 0 Å². The second-order valence-corrected chi connectivity index (χ2v) is 5.33. The maximum Gasteiger partial charge on any atom is 0.159 e. The normalized spacial score (nSPS) is 18.4. The van der Waals surface area contributed by atoms with Crippen LogP contribution in [0.5, 0.6) is 5.75 Å². The lowest BCUT2D eigenvalue weighted by Gasteiger charge is -2.16. The molecule has 0 aliphatic carbocycles. The van der Waals surface area contributed by atoms with Gasteiger partial charge in [-0.15, -0.1) is 0 Å². The van der Waals surface area contributed by atoms with Crippen LogP contribution in [-0.4, -0.2) is 21.6 Å². The highest BCUT2D eigenvalue weighted by atomic mass is 16.3. The molecule has 2 heterocycles. The van der Waals surface area contributed by atoms with Crippen molar-refractivity contribution in [2.75, 3.05) is 6.54 Å². The summed E-state index contributed by atoms with van der Waals surface area (Å²) in [6.07, 6.45) is 2.36. The number of nitrogens with zero attached hydrogens (tertiary/aromatic N) is 2. The van der Waals surface area contributed by atoms with E-state index in [4.69, 9.17) is 0 Å². The Bertz CT molecular complexity index is 610. The minimum Gasteiger partial charge on any atom is -0.508 e. The summed E-state index contributed by atoms with van der Waals surface area (Å²) in [5, 5.41) is 13.1. The van der Waals surface area contributed by atoms with Crippen molar-refractivity contribution >= 4 is 0 Å². The second-order valence-electron chi connectivity index (χ2n) is 5.33. The Kier molecular flexibility index (Phi) is 3.40. The standard InChI is InChI=1S/C16H19N3O/c1-10-15(14-7-4-8-17-14)11(2)19-16(18-10)12-5-3-6-13(20)9-12/h3,5-6,9,14,17,20H,4,7-8H2,1-2H3. The van der Waals surface area contributed by atoms with Crippen LogP contribution in [0.4, 0.5) is 0 Å². The van der Waals surface area contributed by atoms with Crippen molar-refractivity contribution < 1.29 is 5.11 Å². The molecule has 4 nitrogen and oxygen atoms in total. The van der Waals surface area contributed by atoms with Crippen LogP contribution in [0.3, 0.4) is 0 Å². The third-order valence-corrected chi connectivity index (χ3v) is 3.84. The van der Waals surface area contributed by atoms with Crippen LogP contribution in [-0.2, 0) is 0 Å². The first-order valence-corrected chi connectivity index (χ1v) is 7.03. The van der Waals surface area contributed by atoms with E-state index in [1.54, 1.807) is 12.1 Å². The molecular weight excluding hydrogens is 250 g/mol. The molecule has 3 rings (SSSR count). The number of phenolic OH excluding ortho intramolecular Hbond substituents is 1. The molecule has 0 saturated carbocycles. The molecule has 0 bridgehead atoms. The Balaban J connectivity index is 2.03. The lowest BCUT2D eigenvalue weighted by molar-refractivity contribution is 0.475. The predicted octanol–water partition coefficient (Wildman–Crippen LogP) is 2.89. The molecule has 20 heavy (non-hydrogen) atoms. The molecule has 2 N–H and O–H groups in total. The molecule has 1 aliphatic rings. The molecule has 1 saturated heterocycles. The molecule has 1 aromatic heterocycles. The number of aryl methyl sites for hydroxylation is 2. The summed E-state index contributed by atoms with van der Waals surface area (Å²) in [5.74, 6) is 0.917. The maximum absolute atomic E-state index is 9.57. The van der Waals surface area contributed by atoms with Gasteiger partial charge in [-0.3, -0.25) is 0 Å². The van der Waals surface area contributed by atoms with E-state index >= 15 is 0 Å². The SMILES string of the molecule is Cc1nc(-c2cccc(O)c2)nc(C)c1C1CCCN1. The number of aromatic hydroxyl groups is 1. The predicted molar refractivity (Wildman–Crippen MR) is 78.6 cm³/mol. The second kappa shape index (κ2) is 5.21. The van der Waals surface area contributed by atoms with Gasteiger partial charge in [-0.1, -0.05) is 12.1 Å². The monoisotopic (exact) mass is 269 g/mol. The fourth-order valence-electron chi connectivity index (χ4n) is 2.93. The first-order valence-electron chi connectivity index (χ1n) is 7.03. The van der Waals surface area contributed by atoms with Crippen LogP contribution < -0.4 is 5.32 Å². The van der Waals surface area contributed by atoms with Gasteiger partial charge < -0.3 is 10.4 Å².